The Labute approximate surface area is 181 Å². The van der Waals surface area contributed by atoms with Crippen molar-refractivity contribution < 1.29 is 9.53 Å². The van der Waals surface area contributed by atoms with Crippen LogP contribution in [0.2, 0.25) is 0 Å². The van der Waals surface area contributed by atoms with E-state index in [1.165, 1.54) is 0 Å². The number of amides is 1. The van der Waals surface area contributed by atoms with Gasteiger partial charge in [-0.2, -0.15) is 0 Å². The fourth-order valence-corrected chi connectivity index (χ4v) is 3.25. The third-order valence-electron chi connectivity index (χ3n) is 4.94. The second-order valence-corrected chi connectivity index (χ2v) is 7.08. The first-order chi connectivity index (χ1) is 15.2. The molecule has 3 aromatic carbocycles. The number of nitrogens with zero attached hydrogens (tertiary/aromatic N) is 2. The molecule has 0 saturated carbocycles. The van der Waals surface area contributed by atoms with Crippen molar-refractivity contribution in [3.05, 3.63) is 103 Å². The molecular formula is C25H24N4O2. The molecule has 0 saturated heterocycles. The summed E-state index contributed by atoms with van der Waals surface area (Å²) in [5.41, 5.74) is 4.61. The number of nitrogens with one attached hydrogen (secondary N) is 2. The second kappa shape index (κ2) is 9.63. The van der Waals surface area contributed by atoms with Gasteiger partial charge in [-0.05, 0) is 66.6 Å². The number of aromatic nitrogens is 2. The van der Waals surface area contributed by atoms with Crippen LogP contribution >= 0.6 is 0 Å². The summed E-state index contributed by atoms with van der Waals surface area (Å²) in [6, 6.07) is 23.4. The summed E-state index contributed by atoms with van der Waals surface area (Å²) < 4.78 is 7.11. The molecule has 31 heavy (non-hydrogen) atoms. The quantitative estimate of drug-likeness (QED) is 0.444. The Morgan fingerprint density at radius 3 is 2.52 bits per heavy atom. The number of benzene rings is 3. The van der Waals surface area contributed by atoms with Gasteiger partial charge >= 0.3 is 0 Å². The molecule has 6 heteroatoms. The van der Waals surface area contributed by atoms with E-state index in [1.807, 2.05) is 83.6 Å². The summed E-state index contributed by atoms with van der Waals surface area (Å²) in [6.07, 6.45) is 6.18. The highest BCUT2D eigenvalue weighted by Gasteiger charge is 2.06. The van der Waals surface area contributed by atoms with E-state index >= 15 is 0 Å². The fraction of sp³-hybridized carbons (Fsp3) is 0.120. The average Bonchev–Trinajstić information content (AvgIpc) is 3.35. The number of hydrogen-bond donors (Lipinski definition) is 2. The van der Waals surface area contributed by atoms with Gasteiger partial charge in [0.05, 0.1) is 13.4 Å². The number of hydrogen-bond acceptors (Lipinski definition) is 4. The minimum atomic E-state index is -0.0902. The number of imidazole rings is 1. The molecule has 0 fully saturated rings. The van der Waals surface area contributed by atoms with E-state index < -0.39 is 0 Å². The summed E-state index contributed by atoms with van der Waals surface area (Å²) in [7, 11) is 1.65. The molecule has 0 aliphatic rings. The first kappa shape index (κ1) is 20.2. The summed E-state index contributed by atoms with van der Waals surface area (Å²) in [6.45, 7) is 0.568. The van der Waals surface area contributed by atoms with Crippen molar-refractivity contribution in [1.29, 1.82) is 0 Å². The van der Waals surface area contributed by atoms with E-state index in [0.29, 0.717) is 12.1 Å². The Balaban J connectivity index is 1.33. The lowest BCUT2D eigenvalue weighted by atomic mass is 10.1. The molecule has 0 atom stereocenters. The zero-order valence-corrected chi connectivity index (χ0v) is 17.3. The third-order valence-corrected chi connectivity index (χ3v) is 4.94. The van der Waals surface area contributed by atoms with Crippen LogP contribution in [0.4, 0.5) is 11.4 Å². The number of carbonyl (C=O) groups is 1. The number of methoxy groups -OCH3 is 1. The maximum Gasteiger partial charge on any atom is 0.251 e. The molecule has 6 nitrogen and oxygen atoms in total. The van der Waals surface area contributed by atoms with Gasteiger partial charge in [0.15, 0.2) is 0 Å². The van der Waals surface area contributed by atoms with Crippen molar-refractivity contribution >= 4 is 17.3 Å². The highest BCUT2D eigenvalue weighted by molar-refractivity contribution is 5.95. The maximum absolute atomic E-state index is 12.5. The number of anilines is 2. The molecule has 4 rings (SSSR count). The van der Waals surface area contributed by atoms with Gasteiger partial charge in [0.25, 0.3) is 5.91 Å². The molecule has 0 unspecified atom stereocenters. The summed E-state index contributed by atoms with van der Waals surface area (Å²) >= 11 is 0. The van der Waals surface area contributed by atoms with Crippen LogP contribution in [0.25, 0.3) is 5.69 Å². The normalized spacial score (nSPS) is 10.5. The SMILES string of the molecule is COc1ccc(CCNC(=O)c2cccc(Nc3ccc(-n4ccnc4)cc3)c2)cc1. The van der Waals surface area contributed by atoms with Gasteiger partial charge in [-0.25, -0.2) is 4.98 Å². The molecule has 1 aromatic heterocycles. The van der Waals surface area contributed by atoms with Crippen LogP contribution in [0.1, 0.15) is 15.9 Å². The van der Waals surface area contributed by atoms with Gasteiger partial charge in [-0.15, -0.1) is 0 Å². The lowest BCUT2D eigenvalue weighted by molar-refractivity contribution is 0.0954. The van der Waals surface area contributed by atoms with Crippen molar-refractivity contribution in [2.45, 2.75) is 6.42 Å². The monoisotopic (exact) mass is 412 g/mol. The molecule has 0 aliphatic carbocycles. The van der Waals surface area contributed by atoms with E-state index in [4.69, 9.17) is 4.74 Å². The zero-order chi connectivity index (χ0) is 21.5. The predicted molar refractivity (Wildman–Crippen MR) is 122 cm³/mol. The molecule has 156 valence electrons. The lowest BCUT2D eigenvalue weighted by Gasteiger charge is -2.10. The molecule has 4 aromatic rings. The summed E-state index contributed by atoms with van der Waals surface area (Å²) in [5, 5.41) is 6.33. The first-order valence-electron chi connectivity index (χ1n) is 10.1. The van der Waals surface area contributed by atoms with E-state index in [0.717, 1.165) is 34.8 Å². The van der Waals surface area contributed by atoms with Crippen LogP contribution < -0.4 is 15.4 Å². The van der Waals surface area contributed by atoms with Gasteiger partial charge in [0, 0.05) is 41.6 Å². The topological polar surface area (TPSA) is 68.2 Å². The van der Waals surface area contributed by atoms with Crippen molar-refractivity contribution in [2.75, 3.05) is 19.0 Å². The Morgan fingerprint density at radius 1 is 1.00 bits per heavy atom. The van der Waals surface area contributed by atoms with Gasteiger partial charge < -0.3 is 19.9 Å². The Bertz CT molecular complexity index is 1120. The smallest absolute Gasteiger partial charge is 0.251 e. The van der Waals surface area contributed by atoms with Crippen LogP contribution in [0.3, 0.4) is 0 Å². The van der Waals surface area contributed by atoms with Gasteiger partial charge in [-0.1, -0.05) is 18.2 Å². The first-order valence-corrected chi connectivity index (χ1v) is 10.1. The maximum atomic E-state index is 12.5. The second-order valence-electron chi connectivity index (χ2n) is 7.08. The molecule has 1 heterocycles. The summed E-state index contributed by atoms with van der Waals surface area (Å²) in [5.74, 6) is 0.737. The van der Waals surface area contributed by atoms with Crippen molar-refractivity contribution in [3.63, 3.8) is 0 Å². The third kappa shape index (κ3) is 5.30. The highest BCUT2D eigenvalue weighted by Crippen LogP contribution is 2.20. The Hall–Kier alpha value is -4.06. The Morgan fingerprint density at radius 2 is 1.81 bits per heavy atom. The molecule has 2 N–H and O–H groups in total. The van der Waals surface area contributed by atoms with E-state index in [9.17, 15) is 4.79 Å². The van der Waals surface area contributed by atoms with E-state index in [1.54, 1.807) is 19.6 Å². The van der Waals surface area contributed by atoms with Gasteiger partial charge in [0.1, 0.15) is 5.75 Å². The van der Waals surface area contributed by atoms with Crippen LogP contribution in [-0.4, -0.2) is 29.1 Å². The lowest BCUT2D eigenvalue weighted by Crippen LogP contribution is -2.25. The predicted octanol–water partition coefficient (Wildman–Crippen LogP) is 4.60. The van der Waals surface area contributed by atoms with Crippen LogP contribution in [-0.2, 0) is 6.42 Å². The fourth-order valence-electron chi connectivity index (χ4n) is 3.25. The molecule has 1 amide bonds. The molecule has 0 radical (unpaired) electrons. The van der Waals surface area contributed by atoms with Gasteiger partial charge in [-0.3, -0.25) is 4.79 Å². The van der Waals surface area contributed by atoms with Crippen LogP contribution in [0.5, 0.6) is 5.75 Å². The molecule has 0 spiro atoms. The minimum Gasteiger partial charge on any atom is -0.497 e. The summed E-state index contributed by atoms with van der Waals surface area (Å²) in [4.78, 5) is 16.6. The van der Waals surface area contributed by atoms with Crippen molar-refractivity contribution in [2.24, 2.45) is 0 Å². The molecular weight excluding hydrogens is 388 g/mol. The number of ether oxygens (including phenoxy) is 1. The standard InChI is InChI=1S/C25H24N4O2/c1-31-24-11-5-19(6-12-24)13-14-27-25(30)20-3-2-4-22(17-20)28-21-7-9-23(10-8-21)29-16-15-26-18-29/h2-12,15-18,28H,13-14H2,1H3,(H,27,30). The molecule has 0 bridgehead atoms. The Kier molecular flexibility index (Phi) is 6.28. The van der Waals surface area contributed by atoms with E-state index in [-0.39, 0.29) is 5.91 Å². The van der Waals surface area contributed by atoms with Crippen molar-refractivity contribution in [1.82, 2.24) is 14.9 Å². The van der Waals surface area contributed by atoms with Crippen LogP contribution in [0.15, 0.2) is 91.5 Å². The minimum absolute atomic E-state index is 0.0902. The highest BCUT2D eigenvalue weighted by atomic mass is 16.5. The largest absolute Gasteiger partial charge is 0.497 e. The van der Waals surface area contributed by atoms with Crippen molar-refractivity contribution in [3.8, 4) is 11.4 Å². The van der Waals surface area contributed by atoms with Crippen LogP contribution in [0, 0.1) is 0 Å². The van der Waals surface area contributed by atoms with E-state index in [2.05, 4.69) is 15.6 Å². The van der Waals surface area contributed by atoms with Gasteiger partial charge in [0.2, 0.25) is 0 Å². The zero-order valence-electron chi connectivity index (χ0n) is 17.3. The molecule has 0 aliphatic heterocycles. The number of rotatable bonds is 8. The average molecular weight is 412 g/mol. The number of carbonyl (C=O) groups excluding carboxylic acids is 1.